The first-order chi connectivity index (χ1) is 11.7. The normalized spacial score (nSPS) is 30.8. The summed E-state index contributed by atoms with van der Waals surface area (Å²) in [6.45, 7) is 5.16. The minimum atomic E-state index is 0.251. The molecule has 1 aromatic rings. The van der Waals surface area contributed by atoms with E-state index in [1.807, 2.05) is 11.3 Å². The summed E-state index contributed by atoms with van der Waals surface area (Å²) in [7, 11) is 0. The van der Waals surface area contributed by atoms with Gasteiger partial charge in [-0.25, -0.2) is 0 Å². The molecular weight excluding hydrogens is 318 g/mol. The Morgan fingerprint density at radius 2 is 2.21 bits per heavy atom. The van der Waals surface area contributed by atoms with Crippen LogP contribution in [0.4, 0.5) is 0 Å². The van der Waals surface area contributed by atoms with E-state index in [4.69, 9.17) is 0 Å². The second kappa shape index (κ2) is 7.14. The Balaban J connectivity index is 1.21. The van der Waals surface area contributed by atoms with Gasteiger partial charge in [0, 0.05) is 49.1 Å². The van der Waals surface area contributed by atoms with E-state index in [1.54, 1.807) is 4.88 Å². The maximum Gasteiger partial charge on any atom is 0.220 e. The SMILES string of the molecule is CC(CNC(=O)CC1CC2CCC(C1)N2)N1CCc2sccc2C1. The number of piperidine rings is 1. The highest BCUT2D eigenvalue weighted by molar-refractivity contribution is 7.10. The van der Waals surface area contributed by atoms with E-state index >= 15 is 0 Å². The number of hydrogen-bond acceptors (Lipinski definition) is 4. The minimum Gasteiger partial charge on any atom is -0.355 e. The van der Waals surface area contributed by atoms with Crippen LogP contribution < -0.4 is 10.6 Å². The van der Waals surface area contributed by atoms with Crippen LogP contribution in [0.3, 0.4) is 0 Å². The van der Waals surface area contributed by atoms with Crippen LogP contribution in [-0.4, -0.2) is 42.0 Å². The first kappa shape index (κ1) is 16.6. The summed E-state index contributed by atoms with van der Waals surface area (Å²) >= 11 is 1.88. The molecule has 24 heavy (non-hydrogen) atoms. The topological polar surface area (TPSA) is 44.4 Å². The molecule has 1 aromatic heterocycles. The summed E-state index contributed by atoms with van der Waals surface area (Å²) < 4.78 is 0. The highest BCUT2D eigenvalue weighted by atomic mass is 32.1. The van der Waals surface area contributed by atoms with Crippen LogP contribution in [0, 0.1) is 5.92 Å². The van der Waals surface area contributed by atoms with Crippen LogP contribution in [0.5, 0.6) is 0 Å². The molecule has 3 aliphatic heterocycles. The summed E-state index contributed by atoms with van der Waals surface area (Å²) in [5.41, 5.74) is 1.48. The fourth-order valence-electron chi connectivity index (χ4n) is 4.71. The van der Waals surface area contributed by atoms with Crippen molar-refractivity contribution in [2.24, 2.45) is 5.92 Å². The molecule has 3 aliphatic rings. The Morgan fingerprint density at radius 3 is 3.00 bits per heavy atom. The van der Waals surface area contributed by atoms with Crippen molar-refractivity contribution in [3.05, 3.63) is 21.9 Å². The van der Waals surface area contributed by atoms with Crippen LogP contribution in [0.2, 0.25) is 0 Å². The fraction of sp³-hybridized carbons (Fsp3) is 0.737. The minimum absolute atomic E-state index is 0.251. The van der Waals surface area contributed by atoms with Crippen molar-refractivity contribution in [3.8, 4) is 0 Å². The molecule has 3 atom stereocenters. The van der Waals surface area contributed by atoms with Crippen LogP contribution in [0.1, 0.15) is 49.5 Å². The summed E-state index contributed by atoms with van der Waals surface area (Å²) in [6, 6.07) is 4.01. The number of carbonyl (C=O) groups is 1. The molecule has 3 unspecified atom stereocenters. The van der Waals surface area contributed by atoms with Gasteiger partial charge in [0.1, 0.15) is 0 Å². The monoisotopic (exact) mass is 347 g/mol. The van der Waals surface area contributed by atoms with Gasteiger partial charge in [-0.15, -0.1) is 11.3 Å². The standard InChI is InChI=1S/C19H29N3OS/c1-13(22-6-4-18-15(12-22)5-7-24-18)11-20-19(23)10-14-8-16-2-3-17(9-14)21-16/h5,7,13-14,16-17,21H,2-4,6,8-12H2,1H3,(H,20,23). The predicted molar refractivity (Wildman–Crippen MR) is 98.2 cm³/mol. The van der Waals surface area contributed by atoms with E-state index in [-0.39, 0.29) is 5.91 Å². The van der Waals surface area contributed by atoms with E-state index < -0.39 is 0 Å². The summed E-state index contributed by atoms with van der Waals surface area (Å²) in [6.07, 6.45) is 6.86. The highest BCUT2D eigenvalue weighted by Gasteiger charge is 2.34. The smallest absolute Gasteiger partial charge is 0.220 e. The number of nitrogens with zero attached hydrogens (tertiary/aromatic N) is 1. The molecule has 0 saturated carbocycles. The molecular formula is C19H29N3OS. The highest BCUT2D eigenvalue weighted by Crippen LogP contribution is 2.32. The van der Waals surface area contributed by atoms with E-state index in [0.717, 1.165) is 32.5 Å². The molecule has 0 aromatic carbocycles. The number of nitrogens with one attached hydrogen (secondary N) is 2. The zero-order chi connectivity index (χ0) is 16.5. The first-order valence-electron chi connectivity index (χ1n) is 9.49. The Labute approximate surface area is 149 Å². The fourth-order valence-corrected chi connectivity index (χ4v) is 5.60. The van der Waals surface area contributed by atoms with Crippen LogP contribution >= 0.6 is 11.3 Å². The van der Waals surface area contributed by atoms with Gasteiger partial charge in [0.05, 0.1) is 0 Å². The lowest BCUT2D eigenvalue weighted by atomic mass is 9.89. The van der Waals surface area contributed by atoms with Gasteiger partial charge >= 0.3 is 0 Å². The maximum atomic E-state index is 12.3. The molecule has 4 rings (SSSR count). The van der Waals surface area contributed by atoms with Gasteiger partial charge < -0.3 is 10.6 Å². The van der Waals surface area contributed by atoms with Gasteiger partial charge in [-0.3, -0.25) is 9.69 Å². The Bertz CT molecular complexity index is 575. The molecule has 2 bridgehead atoms. The lowest BCUT2D eigenvalue weighted by Crippen LogP contribution is -2.45. The van der Waals surface area contributed by atoms with Crippen molar-refractivity contribution in [1.29, 1.82) is 0 Å². The number of thiophene rings is 1. The molecule has 4 heterocycles. The molecule has 5 heteroatoms. The van der Waals surface area contributed by atoms with Crippen molar-refractivity contribution < 1.29 is 4.79 Å². The number of carbonyl (C=O) groups excluding carboxylic acids is 1. The van der Waals surface area contributed by atoms with Gasteiger partial charge in [-0.2, -0.15) is 0 Å². The van der Waals surface area contributed by atoms with Crippen molar-refractivity contribution in [2.45, 2.75) is 70.1 Å². The van der Waals surface area contributed by atoms with Crippen molar-refractivity contribution >= 4 is 17.2 Å². The molecule has 4 nitrogen and oxygen atoms in total. The molecule has 0 radical (unpaired) electrons. The van der Waals surface area contributed by atoms with Gasteiger partial charge in [-0.1, -0.05) is 0 Å². The summed E-state index contributed by atoms with van der Waals surface area (Å²) in [4.78, 5) is 16.4. The van der Waals surface area contributed by atoms with E-state index in [1.165, 1.54) is 31.2 Å². The molecule has 2 N–H and O–H groups in total. The van der Waals surface area contributed by atoms with Gasteiger partial charge in [-0.05, 0) is 62.0 Å². The van der Waals surface area contributed by atoms with Crippen LogP contribution in [0.15, 0.2) is 11.4 Å². The van der Waals surface area contributed by atoms with Gasteiger partial charge in [0.2, 0.25) is 5.91 Å². The number of amides is 1. The van der Waals surface area contributed by atoms with E-state index in [9.17, 15) is 4.79 Å². The molecule has 1 amide bonds. The largest absolute Gasteiger partial charge is 0.355 e. The van der Waals surface area contributed by atoms with Crippen molar-refractivity contribution in [1.82, 2.24) is 15.5 Å². The Kier molecular flexibility index (Phi) is 4.93. The summed E-state index contributed by atoms with van der Waals surface area (Å²) in [5.74, 6) is 0.837. The molecule has 0 aliphatic carbocycles. The van der Waals surface area contributed by atoms with Gasteiger partial charge in [0.25, 0.3) is 0 Å². The quantitative estimate of drug-likeness (QED) is 0.860. The molecule has 0 spiro atoms. The maximum absolute atomic E-state index is 12.3. The second-order valence-corrected chi connectivity index (χ2v) is 8.92. The molecule has 2 fully saturated rings. The van der Waals surface area contributed by atoms with Crippen molar-refractivity contribution in [2.75, 3.05) is 13.1 Å². The van der Waals surface area contributed by atoms with Crippen LogP contribution in [-0.2, 0) is 17.8 Å². The van der Waals surface area contributed by atoms with Gasteiger partial charge in [0.15, 0.2) is 0 Å². The number of rotatable bonds is 5. The second-order valence-electron chi connectivity index (χ2n) is 7.92. The third-order valence-electron chi connectivity index (χ3n) is 6.10. The Morgan fingerprint density at radius 1 is 1.42 bits per heavy atom. The molecule has 132 valence electrons. The van der Waals surface area contributed by atoms with Crippen molar-refractivity contribution in [3.63, 3.8) is 0 Å². The zero-order valence-electron chi connectivity index (χ0n) is 14.6. The zero-order valence-corrected chi connectivity index (χ0v) is 15.4. The first-order valence-corrected chi connectivity index (χ1v) is 10.4. The third-order valence-corrected chi connectivity index (χ3v) is 7.12. The predicted octanol–water partition coefficient (Wildman–Crippen LogP) is 2.53. The van der Waals surface area contributed by atoms with E-state index in [0.29, 0.717) is 24.0 Å². The summed E-state index contributed by atoms with van der Waals surface area (Å²) in [5, 5.41) is 9.05. The average molecular weight is 348 g/mol. The average Bonchev–Trinajstić information content (AvgIpc) is 3.18. The third kappa shape index (κ3) is 3.68. The lowest BCUT2D eigenvalue weighted by Gasteiger charge is -2.33. The van der Waals surface area contributed by atoms with Crippen LogP contribution in [0.25, 0.3) is 0 Å². The number of hydrogen-bond donors (Lipinski definition) is 2. The number of fused-ring (bicyclic) bond motifs is 3. The van der Waals surface area contributed by atoms with E-state index in [2.05, 4.69) is 33.9 Å². The Hall–Kier alpha value is -0.910. The molecule has 2 saturated heterocycles. The lowest BCUT2D eigenvalue weighted by molar-refractivity contribution is -0.122.